The lowest BCUT2D eigenvalue weighted by Gasteiger charge is -2.18. The Balaban J connectivity index is 4.23. The van der Waals surface area contributed by atoms with Crippen LogP contribution in [-0.4, -0.2) is 37.2 Å². The molecule has 294 valence electrons. The fourth-order valence-corrected chi connectivity index (χ4v) is 6.20. The molecule has 6 heteroatoms. The van der Waals surface area contributed by atoms with Crippen LogP contribution in [0.1, 0.15) is 233 Å². The van der Waals surface area contributed by atoms with Crippen LogP contribution < -0.4 is 0 Å². The Labute approximate surface area is 310 Å². The van der Waals surface area contributed by atoms with Crippen molar-refractivity contribution in [1.29, 1.82) is 0 Å². The van der Waals surface area contributed by atoms with Gasteiger partial charge < -0.3 is 14.2 Å². The van der Waals surface area contributed by atoms with E-state index in [4.69, 9.17) is 14.2 Å². The van der Waals surface area contributed by atoms with Gasteiger partial charge in [-0.25, -0.2) is 0 Å². The standard InChI is InChI=1S/C44H82O6/c1-4-7-10-13-15-17-19-21-23-24-26-28-31-34-37-43(46)49-40-41(39-48-42(45)36-33-30-12-9-6-3)50-44(47)38-35-32-29-27-25-22-20-18-16-14-11-8-5-2/h18,20,41H,4-17,19,21-40H2,1-3H3/b20-18-. The van der Waals surface area contributed by atoms with Crippen LogP contribution in [0.5, 0.6) is 0 Å². The highest BCUT2D eigenvalue weighted by Crippen LogP contribution is 2.15. The predicted octanol–water partition coefficient (Wildman–Crippen LogP) is 13.5. The Bertz CT molecular complexity index is 778. The summed E-state index contributed by atoms with van der Waals surface area (Å²) in [6.07, 6.45) is 40.8. The minimum atomic E-state index is -0.763. The lowest BCUT2D eigenvalue weighted by molar-refractivity contribution is -0.167. The summed E-state index contributed by atoms with van der Waals surface area (Å²) >= 11 is 0. The monoisotopic (exact) mass is 707 g/mol. The molecule has 0 saturated heterocycles. The van der Waals surface area contributed by atoms with E-state index < -0.39 is 6.10 Å². The van der Waals surface area contributed by atoms with E-state index in [1.54, 1.807) is 0 Å². The van der Waals surface area contributed by atoms with Crippen molar-refractivity contribution in [2.24, 2.45) is 0 Å². The summed E-state index contributed by atoms with van der Waals surface area (Å²) in [7, 11) is 0. The lowest BCUT2D eigenvalue weighted by Crippen LogP contribution is -2.30. The molecule has 0 aromatic rings. The molecule has 1 unspecified atom stereocenters. The highest BCUT2D eigenvalue weighted by Gasteiger charge is 2.19. The Kier molecular flexibility index (Phi) is 38.5. The lowest BCUT2D eigenvalue weighted by atomic mass is 10.0. The van der Waals surface area contributed by atoms with E-state index >= 15 is 0 Å². The number of esters is 3. The second kappa shape index (κ2) is 39.9. The first kappa shape index (κ1) is 48.1. The molecule has 50 heavy (non-hydrogen) atoms. The third kappa shape index (κ3) is 37.4. The summed E-state index contributed by atoms with van der Waals surface area (Å²) in [6.45, 7) is 6.53. The molecule has 1 atom stereocenters. The van der Waals surface area contributed by atoms with E-state index in [1.165, 1.54) is 122 Å². The van der Waals surface area contributed by atoms with Gasteiger partial charge in [0.25, 0.3) is 0 Å². The number of carbonyl (C=O) groups excluding carboxylic acids is 3. The van der Waals surface area contributed by atoms with Crippen LogP contribution in [0, 0.1) is 0 Å². The van der Waals surface area contributed by atoms with Crippen molar-refractivity contribution in [3.05, 3.63) is 12.2 Å². The van der Waals surface area contributed by atoms with E-state index in [1.807, 2.05) is 0 Å². The van der Waals surface area contributed by atoms with Gasteiger partial charge in [0.15, 0.2) is 6.10 Å². The molecule has 0 radical (unpaired) electrons. The fraction of sp³-hybridized carbons (Fsp3) is 0.886. The molecular formula is C44H82O6. The highest BCUT2D eigenvalue weighted by atomic mass is 16.6. The Morgan fingerprint density at radius 3 is 1.02 bits per heavy atom. The number of hydrogen-bond acceptors (Lipinski definition) is 6. The first-order valence-electron chi connectivity index (χ1n) is 21.7. The average molecular weight is 707 g/mol. The van der Waals surface area contributed by atoms with E-state index in [0.717, 1.165) is 70.6 Å². The molecule has 0 fully saturated rings. The number of rotatable bonds is 39. The maximum Gasteiger partial charge on any atom is 0.306 e. The second-order valence-electron chi connectivity index (χ2n) is 14.6. The molecule has 0 aromatic carbocycles. The molecule has 0 aliphatic carbocycles. The zero-order chi connectivity index (χ0) is 36.6. The van der Waals surface area contributed by atoms with Crippen molar-refractivity contribution >= 4 is 17.9 Å². The maximum atomic E-state index is 12.6. The summed E-state index contributed by atoms with van der Waals surface area (Å²) < 4.78 is 16.6. The van der Waals surface area contributed by atoms with Gasteiger partial charge in [-0.3, -0.25) is 14.4 Å². The molecule has 0 aromatic heterocycles. The van der Waals surface area contributed by atoms with Crippen LogP contribution >= 0.6 is 0 Å². The van der Waals surface area contributed by atoms with Crippen LogP contribution in [0.25, 0.3) is 0 Å². The van der Waals surface area contributed by atoms with Gasteiger partial charge in [-0.15, -0.1) is 0 Å². The third-order valence-electron chi connectivity index (χ3n) is 9.52. The molecule has 0 aliphatic heterocycles. The summed E-state index contributed by atoms with van der Waals surface area (Å²) in [4.78, 5) is 37.4. The summed E-state index contributed by atoms with van der Waals surface area (Å²) in [5, 5.41) is 0. The molecule has 0 spiro atoms. The van der Waals surface area contributed by atoms with Crippen LogP contribution in [-0.2, 0) is 28.6 Å². The fourth-order valence-electron chi connectivity index (χ4n) is 6.20. The van der Waals surface area contributed by atoms with Crippen LogP contribution in [0.2, 0.25) is 0 Å². The first-order valence-corrected chi connectivity index (χ1v) is 21.7. The van der Waals surface area contributed by atoms with E-state index in [-0.39, 0.29) is 31.1 Å². The van der Waals surface area contributed by atoms with Gasteiger partial charge in [-0.2, -0.15) is 0 Å². The molecule has 0 N–H and O–H groups in total. The van der Waals surface area contributed by atoms with Gasteiger partial charge in [-0.1, -0.05) is 181 Å². The van der Waals surface area contributed by atoms with Crippen molar-refractivity contribution in [3.8, 4) is 0 Å². The van der Waals surface area contributed by atoms with Crippen molar-refractivity contribution in [3.63, 3.8) is 0 Å². The zero-order valence-electron chi connectivity index (χ0n) is 33.4. The van der Waals surface area contributed by atoms with Crippen LogP contribution in [0.15, 0.2) is 12.2 Å². The maximum absolute atomic E-state index is 12.6. The number of allylic oxidation sites excluding steroid dienone is 2. The van der Waals surface area contributed by atoms with Crippen LogP contribution in [0.4, 0.5) is 0 Å². The highest BCUT2D eigenvalue weighted by molar-refractivity contribution is 5.71. The predicted molar refractivity (Wildman–Crippen MR) is 210 cm³/mol. The zero-order valence-corrected chi connectivity index (χ0v) is 33.4. The number of unbranched alkanes of at least 4 members (excludes halogenated alkanes) is 26. The van der Waals surface area contributed by atoms with Gasteiger partial charge in [0.2, 0.25) is 0 Å². The molecule has 0 aliphatic rings. The van der Waals surface area contributed by atoms with Crippen molar-refractivity contribution in [2.45, 2.75) is 239 Å². The summed E-state index contributed by atoms with van der Waals surface area (Å²) in [5.74, 6) is -0.888. The summed E-state index contributed by atoms with van der Waals surface area (Å²) in [5.41, 5.74) is 0. The molecule has 0 rings (SSSR count). The first-order chi connectivity index (χ1) is 24.5. The smallest absolute Gasteiger partial charge is 0.306 e. The molecule has 0 heterocycles. The number of hydrogen-bond donors (Lipinski definition) is 0. The van der Waals surface area contributed by atoms with Gasteiger partial charge in [0.05, 0.1) is 0 Å². The minimum absolute atomic E-state index is 0.0704. The Morgan fingerprint density at radius 2 is 0.660 bits per heavy atom. The quantitative estimate of drug-likeness (QED) is 0.0274. The summed E-state index contributed by atoms with van der Waals surface area (Å²) in [6, 6.07) is 0. The van der Waals surface area contributed by atoms with E-state index in [9.17, 15) is 14.4 Å². The van der Waals surface area contributed by atoms with Gasteiger partial charge in [0.1, 0.15) is 13.2 Å². The molecule has 0 bridgehead atoms. The Hall–Kier alpha value is -1.85. The van der Waals surface area contributed by atoms with Gasteiger partial charge in [0, 0.05) is 19.3 Å². The molecule has 0 saturated carbocycles. The largest absolute Gasteiger partial charge is 0.462 e. The second-order valence-corrected chi connectivity index (χ2v) is 14.6. The van der Waals surface area contributed by atoms with Gasteiger partial charge in [-0.05, 0) is 44.9 Å². The van der Waals surface area contributed by atoms with Crippen molar-refractivity contribution in [2.75, 3.05) is 13.2 Å². The van der Waals surface area contributed by atoms with Crippen LogP contribution in [0.3, 0.4) is 0 Å². The normalized spacial score (nSPS) is 12.0. The van der Waals surface area contributed by atoms with Gasteiger partial charge >= 0.3 is 17.9 Å². The third-order valence-corrected chi connectivity index (χ3v) is 9.52. The minimum Gasteiger partial charge on any atom is -0.462 e. The topological polar surface area (TPSA) is 78.9 Å². The number of carbonyl (C=O) groups is 3. The van der Waals surface area contributed by atoms with Crippen molar-refractivity contribution in [1.82, 2.24) is 0 Å². The Morgan fingerprint density at radius 1 is 0.380 bits per heavy atom. The number of ether oxygens (including phenoxy) is 3. The van der Waals surface area contributed by atoms with E-state index in [0.29, 0.717) is 19.3 Å². The van der Waals surface area contributed by atoms with E-state index in [2.05, 4.69) is 32.9 Å². The molecular weight excluding hydrogens is 624 g/mol. The van der Waals surface area contributed by atoms with Crippen molar-refractivity contribution < 1.29 is 28.6 Å². The molecule has 6 nitrogen and oxygen atoms in total. The SMILES string of the molecule is CCCCCC/C=C\CCCCCCCC(=O)OC(COC(=O)CCCCCCC)COC(=O)CCCCCCCCCCCCCCCC. The average Bonchev–Trinajstić information content (AvgIpc) is 3.11. The molecule has 0 amide bonds.